The molecule has 0 spiro atoms. The Kier molecular flexibility index (Phi) is 3.88. The number of rotatable bonds is 5. The number of hydrogen-bond donors (Lipinski definition) is 3. The third-order valence-corrected chi connectivity index (χ3v) is 4.63. The Bertz CT molecular complexity index is 1010. The predicted octanol–water partition coefficient (Wildman–Crippen LogP) is 4.43. The normalized spacial score (nSPS) is 11.1. The summed E-state index contributed by atoms with van der Waals surface area (Å²) >= 11 is 0. The number of nitrogens with zero attached hydrogens (tertiary/aromatic N) is 1. The molecule has 6 heteroatoms. The van der Waals surface area contributed by atoms with Gasteiger partial charge in [0.25, 0.3) is 0 Å². The smallest absolute Gasteiger partial charge is 0.161 e. The molecule has 3 N–H and O–H groups in total. The van der Waals surface area contributed by atoms with Crippen molar-refractivity contribution in [2.24, 2.45) is 0 Å². The van der Waals surface area contributed by atoms with Gasteiger partial charge in [-0.25, -0.2) is 0 Å². The SMILES string of the molecule is COc1cc2cc3c(Nc4ccc(N(C)C)cc4)[nH][nH]c-3c2cc1OC. The first-order valence-corrected chi connectivity index (χ1v) is 8.40. The van der Waals surface area contributed by atoms with Crippen LogP contribution in [-0.2, 0) is 0 Å². The molecule has 134 valence electrons. The Balaban J connectivity index is 1.70. The lowest BCUT2D eigenvalue weighted by Gasteiger charge is -2.13. The van der Waals surface area contributed by atoms with Crippen LogP contribution in [0.15, 0.2) is 42.5 Å². The maximum absolute atomic E-state index is 5.43. The zero-order chi connectivity index (χ0) is 18.3. The standard InChI is InChI=1S/C20H22N4O2/c1-24(2)14-7-5-13(6-8-14)21-20-16-9-12-10-17(25-3)18(26-4)11-15(12)19(16)22-23-20/h5-11,21-23H,1-4H3. The predicted molar refractivity (Wildman–Crippen MR) is 106 cm³/mol. The number of aromatic amines is 2. The van der Waals surface area contributed by atoms with Gasteiger partial charge in [0.1, 0.15) is 5.82 Å². The monoisotopic (exact) mass is 350 g/mol. The largest absolute Gasteiger partial charge is 0.493 e. The summed E-state index contributed by atoms with van der Waals surface area (Å²) < 4.78 is 10.8. The molecule has 2 aromatic carbocycles. The quantitative estimate of drug-likeness (QED) is 0.498. The number of benzene rings is 2. The van der Waals surface area contributed by atoms with Crippen LogP contribution in [0.3, 0.4) is 0 Å². The molecule has 0 fully saturated rings. The molecule has 0 aromatic heterocycles. The molecule has 0 amide bonds. The summed E-state index contributed by atoms with van der Waals surface area (Å²) in [6, 6.07) is 14.4. The zero-order valence-electron chi connectivity index (χ0n) is 15.3. The summed E-state index contributed by atoms with van der Waals surface area (Å²) in [6.45, 7) is 0. The van der Waals surface area contributed by atoms with Gasteiger partial charge in [-0.15, -0.1) is 0 Å². The van der Waals surface area contributed by atoms with Crippen molar-refractivity contribution in [1.29, 1.82) is 0 Å². The summed E-state index contributed by atoms with van der Waals surface area (Å²) in [7, 11) is 7.36. The molecule has 6 nitrogen and oxygen atoms in total. The molecule has 1 heterocycles. The second kappa shape index (κ2) is 6.22. The van der Waals surface area contributed by atoms with Crippen LogP contribution in [0, 0.1) is 0 Å². The van der Waals surface area contributed by atoms with Crippen molar-refractivity contribution in [3.8, 4) is 22.8 Å². The average Bonchev–Trinajstić information content (AvgIpc) is 3.20. The Morgan fingerprint density at radius 2 is 1.58 bits per heavy atom. The highest BCUT2D eigenvalue weighted by atomic mass is 16.5. The van der Waals surface area contributed by atoms with Crippen molar-refractivity contribution in [3.05, 3.63) is 42.5 Å². The van der Waals surface area contributed by atoms with Crippen molar-refractivity contribution >= 4 is 28.0 Å². The van der Waals surface area contributed by atoms with Crippen LogP contribution in [0.1, 0.15) is 0 Å². The molecule has 26 heavy (non-hydrogen) atoms. The summed E-state index contributed by atoms with van der Waals surface area (Å²) in [4.78, 5) is 2.08. The fourth-order valence-corrected chi connectivity index (χ4v) is 3.21. The van der Waals surface area contributed by atoms with E-state index in [1.54, 1.807) is 14.2 Å². The first-order chi connectivity index (χ1) is 12.6. The number of hydrogen-bond acceptors (Lipinski definition) is 4. The molecule has 0 saturated carbocycles. The summed E-state index contributed by atoms with van der Waals surface area (Å²) in [6.07, 6.45) is 0. The second-order valence-electron chi connectivity index (χ2n) is 6.42. The van der Waals surface area contributed by atoms with Gasteiger partial charge in [0, 0.05) is 36.4 Å². The molecule has 0 radical (unpaired) electrons. The highest BCUT2D eigenvalue weighted by molar-refractivity contribution is 6.05. The van der Waals surface area contributed by atoms with Crippen molar-refractivity contribution in [3.63, 3.8) is 0 Å². The minimum absolute atomic E-state index is 0.718. The highest BCUT2D eigenvalue weighted by Crippen LogP contribution is 2.42. The van der Waals surface area contributed by atoms with Crippen LogP contribution in [0.4, 0.5) is 17.2 Å². The van der Waals surface area contributed by atoms with Gasteiger partial charge in [-0.1, -0.05) is 0 Å². The first-order valence-electron chi connectivity index (χ1n) is 8.40. The van der Waals surface area contributed by atoms with E-state index in [0.717, 1.165) is 50.7 Å². The van der Waals surface area contributed by atoms with Crippen molar-refractivity contribution < 1.29 is 9.47 Å². The van der Waals surface area contributed by atoms with Gasteiger partial charge in [0.2, 0.25) is 0 Å². The number of fused-ring (bicyclic) bond motifs is 3. The summed E-state index contributed by atoms with van der Waals surface area (Å²) in [5, 5.41) is 12.1. The number of nitrogens with one attached hydrogen (secondary N) is 3. The first kappa shape index (κ1) is 16.2. The molecule has 4 rings (SSSR count). The van der Waals surface area contributed by atoms with E-state index in [4.69, 9.17) is 9.47 Å². The van der Waals surface area contributed by atoms with Gasteiger partial charge in [-0.3, -0.25) is 10.2 Å². The molecule has 1 aliphatic carbocycles. The molecular formula is C20H22N4O2. The molecule has 0 atom stereocenters. The zero-order valence-corrected chi connectivity index (χ0v) is 15.3. The van der Waals surface area contributed by atoms with Crippen LogP contribution in [-0.4, -0.2) is 38.5 Å². The lowest BCUT2D eigenvalue weighted by Crippen LogP contribution is -2.08. The maximum Gasteiger partial charge on any atom is 0.161 e. The minimum atomic E-state index is 0.718. The van der Waals surface area contributed by atoms with Gasteiger partial charge in [-0.05, 0) is 47.9 Å². The fourth-order valence-electron chi connectivity index (χ4n) is 3.21. The van der Waals surface area contributed by atoms with E-state index in [1.165, 1.54) is 0 Å². The van der Waals surface area contributed by atoms with Crippen LogP contribution in [0.25, 0.3) is 22.0 Å². The number of methoxy groups -OCH3 is 2. The van der Waals surface area contributed by atoms with Crippen molar-refractivity contribution in [2.75, 3.05) is 38.5 Å². The van der Waals surface area contributed by atoms with Gasteiger partial charge >= 0.3 is 0 Å². The third kappa shape index (κ3) is 2.60. The highest BCUT2D eigenvalue weighted by Gasteiger charge is 2.19. The van der Waals surface area contributed by atoms with Crippen LogP contribution in [0.5, 0.6) is 11.5 Å². The molecule has 2 aromatic rings. The third-order valence-electron chi connectivity index (χ3n) is 4.63. The van der Waals surface area contributed by atoms with E-state index in [9.17, 15) is 0 Å². The van der Waals surface area contributed by atoms with Crippen LogP contribution in [0.2, 0.25) is 0 Å². The number of ether oxygens (including phenoxy) is 2. The lowest BCUT2D eigenvalue weighted by molar-refractivity contribution is 0.356. The van der Waals surface area contributed by atoms with E-state index in [-0.39, 0.29) is 0 Å². The summed E-state index contributed by atoms with van der Waals surface area (Å²) in [5.41, 5.74) is 4.31. The van der Waals surface area contributed by atoms with Crippen LogP contribution >= 0.6 is 0 Å². The topological polar surface area (TPSA) is 65.3 Å². The van der Waals surface area contributed by atoms with Gasteiger partial charge < -0.3 is 19.7 Å². The fraction of sp³-hybridized carbons (Fsp3) is 0.200. The maximum atomic E-state index is 5.43. The Hall–Kier alpha value is -3.28. The Morgan fingerprint density at radius 3 is 2.23 bits per heavy atom. The van der Waals surface area contributed by atoms with E-state index in [1.807, 2.05) is 26.2 Å². The average molecular weight is 350 g/mol. The number of H-pyrrole nitrogens is 2. The number of aromatic nitrogens is 2. The van der Waals surface area contributed by atoms with Crippen molar-refractivity contribution in [1.82, 2.24) is 10.2 Å². The molecule has 2 aliphatic rings. The van der Waals surface area contributed by atoms with E-state index in [0.29, 0.717) is 0 Å². The molecule has 0 saturated heterocycles. The van der Waals surface area contributed by atoms with Crippen molar-refractivity contribution in [2.45, 2.75) is 0 Å². The molecule has 0 unspecified atom stereocenters. The molecular weight excluding hydrogens is 328 g/mol. The summed E-state index contributed by atoms with van der Waals surface area (Å²) in [5.74, 6) is 2.37. The van der Waals surface area contributed by atoms with E-state index < -0.39 is 0 Å². The second-order valence-corrected chi connectivity index (χ2v) is 6.42. The van der Waals surface area contributed by atoms with Gasteiger partial charge in [-0.2, -0.15) is 0 Å². The molecule has 1 aliphatic heterocycles. The van der Waals surface area contributed by atoms with Crippen LogP contribution < -0.4 is 19.7 Å². The van der Waals surface area contributed by atoms with E-state index in [2.05, 4.69) is 50.7 Å². The molecule has 0 bridgehead atoms. The van der Waals surface area contributed by atoms with Gasteiger partial charge in [0.15, 0.2) is 11.5 Å². The lowest BCUT2D eigenvalue weighted by atomic mass is 10.2. The number of anilines is 3. The van der Waals surface area contributed by atoms with E-state index >= 15 is 0 Å². The minimum Gasteiger partial charge on any atom is -0.493 e. The Morgan fingerprint density at radius 1 is 0.885 bits per heavy atom. The van der Waals surface area contributed by atoms with Gasteiger partial charge in [0.05, 0.1) is 19.9 Å². The Labute approximate surface area is 152 Å².